The van der Waals surface area contributed by atoms with Crippen LogP contribution in [0.25, 0.3) is 5.65 Å². The highest BCUT2D eigenvalue weighted by Crippen LogP contribution is 2.24. The SMILES string of the molecule is CSCCN(C)c1nc2ccccn2c1CNC1CC1. The van der Waals surface area contributed by atoms with Crippen LogP contribution in [-0.2, 0) is 6.54 Å². The maximum Gasteiger partial charge on any atom is 0.152 e. The highest BCUT2D eigenvalue weighted by molar-refractivity contribution is 7.98. The van der Waals surface area contributed by atoms with Gasteiger partial charge in [-0.3, -0.25) is 0 Å². The van der Waals surface area contributed by atoms with Gasteiger partial charge in [0.15, 0.2) is 5.82 Å². The van der Waals surface area contributed by atoms with Crippen molar-refractivity contribution in [3.8, 4) is 0 Å². The molecule has 0 radical (unpaired) electrons. The van der Waals surface area contributed by atoms with Crippen LogP contribution in [0, 0.1) is 0 Å². The van der Waals surface area contributed by atoms with E-state index < -0.39 is 0 Å². The van der Waals surface area contributed by atoms with E-state index in [1.54, 1.807) is 0 Å². The van der Waals surface area contributed by atoms with E-state index in [2.05, 4.69) is 46.3 Å². The van der Waals surface area contributed by atoms with Crippen molar-refractivity contribution in [2.45, 2.75) is 25.4 Å². The quantitative estimate of drug-likeness (QED) is 0.848. The normalized spacial score (nSPS) is 14.9. The summed E-state index contributed by atoms with van der Waals surface area (Å²) in [5.41, 5.74) is 2.31. The number of anilines is 1. The van der Waals surface area contributed by atoms with Crippen LogP contribution in [0.4, 0.5) is 5.82 Å². The Morgan fingerprint density at radius 3 is 3.05 bits per heavy atom. The highest BCUT2D eigenvalue weighted by Gasteiger charge is 2.22. The van der Waals surface area contributed by atoms with Gasteiger partial charge < -0.3 is 14.6 Å². The maximum atomic E-state index is 4.80. The molecule has 3 rings (SSSR count). The number of hydrogen-bond acceptors (Lipinski definition) is 4. The van der Waals surface area contributed by atoms with Crippen LogP contribution in [0.15, 0.2) is 24.4 Å². The summed E-state index contributed by atoms with van der Waals surface area (Å²) in [4.78, 5) is 7.07. The molecule has 1 fully saturated rings. The number of rotatable bonds is 7. The van der Waals surface area contributed by atoms with E-state index in [4.69, 9.17) is 4.98 Å². The fourth-order valence-electron chi connectivity index (χ4n) is 2.37. The number of hydrogen-bond donors (Lipinski definition) is 1. The average Bonchev–Trinajstić information content (AvgIpc) is 3.22. The number of aromatic nitrogens is 2. The van der Waals surface area contributed by atoms with E-state index in [-0.39, 0.29) is 0 Å². The molecule has 20 heavy (non-hydrogen) atoms. The molecule has 0 bridgehead atoms. The first-order valence-corrected chi connectivity index (χ1v) is 8.58. The molecule has 4 nitrogen and oxygen atoms in total. The van der Waals surface area contributed by atoms with Crippen LogP contribution in [0.5, 0.6) is 0 Å². The van der Waals surface area contributed by atoms with Gasteiger partial charge >= 0.3 is 0 Å². The Hall–Kier alpha value is -1.20. The second-order valence-electron chi connectivity index (χ2n) is 5.38. The first kappa shape index (κ1) is 13.8. The molecule has 0 amide bonds. The van der Waals surface area contributed by atoms with Gasteiger partial charge in [0.2, 0.25) is 0 Å². The van der Waals surface area contributed by atoms with Crippen molar-refractivity contribution in [1.29, 1.82) is 0 Å². The molecule has 2 aromatic rings. The fourth-order valence-corrected chi connectivity index (χ4v) is 2.82. The van der Waals surface area contributed by atoms with Crippen molar-refractivity contribution >= 4 is 23.2 Å². The van der Waals surface area contributed by atoms with Gasteiger partial charge in [-0.25, -0.2) is 4.98 Å². The standard InChI is InChI=1S/C15H22N4S/c1-18(9-10-20-2)15-13(11-16-12-6-7-12)19-8-4-3-5-14(19)17-15/h3-5,8,12,16H,6-7,9-11H2,1-2H3. The molecule has 5 heteroatoms. The molecular formula is C15H22N4S. The van der Waals surface area contributed by atoms with Gasteiger partial charge in [0.25, 0.3) is 0 Å². The maximum absolute atomic E-state index is 4.80. The van der Waals surface area contributed by atoms with Crippen LogP contribution < -0.4 is 10.2 Å². The Labute approximate surface area is 124 Å². The first-order valence-electron chi connectivity index (χ1n) is 7.19. The van der Waals surface area contributed by atoms with E-state index in [0.717, 1.165) is 30.3 Å². The Morgan fingerprint density at radius 2 is 2.30 bits per heavy atom. The van der Waals surface area contributed by atoms with Crippen molar-refractivity contribution in [1.82, 2.24) is 14.7 Å². The Bertz CT molecular complexity index is 576. The van der Waals surface area contributed by atoms with Crippen molar-refractivity contribution in [3.05, 3.63) is 30.1 Å². The van der Waals surface area contributed by atoms with Crippen molar-refractivity contribution in [2.24, 2.45) is 0 Å². The van der Waals surface area contributed by atoms with E-state index in [9.17, 15) is 0 Å². The topological polar surface area (TPSA) is 32.6 Å². The molecule has 1 aliphatic rings. The first-order chi connectivity index (χ1) is 9.79. The van der Waals surface area contributed by atoms with Crippen LogP contribution in [0.2, 0.25) is 0 Å². The zero-order valence-electron chi connectivity index (χ0n) is 12.2. The predicted molar refractivity (Wildman–Crippen MR) is 86.7 cm³/mol. The summed E-state index contributed by atoms with van der Waals surface area (Å²) in [5.74, 6) is 2.23. The highest BCUT2D eigenvalue weighted by atomic mass is 32.2. The second kappa shape index (κ2) is 6.06. The minimum atomic E-state index is 0.716. The lowest BCUT2D eigenvalue weighted by Crippen LogP contribution is -2.24. The molecule has 108 valence electrons. The predicted octanol–water partition coefficient (Wildman–Crippen LogP) is 2.39. The number of pyridine rings is 1. The number of thioether (sulfide) groups is 1. The van der Waals surface area contributed by atoms with Crippen LogP contribution in [0.3, 0.4) is 0 Å². The Morgan fingerprint density at radius 1 is 1.45 bits per heavy atom. The van der Waals surface area contributed by atoms with E-state index in [1.165, 1.54) is 18.5 Å². The molecule has 1 saturated carbocycles. The summed E-state index contributed by atoms with van der Waals surface area (Å²) >= 11 is 1.87. The largest absolute Gasteiger partial charge is 0.357 e. The monoisotopic (exact) mass is 290 g/mol. The summed E-state index contributed by atoms with van der Waals surface area (Å²) in [6, 6.07) is 6.91. The lowest BCUT2D eigenvalue weighted by atomic mass is 10.3. The molecule has 0 saturated heterocycles. The van der Waals surface area contributed by atoms with Gasteiger partial charge in [-0.2, -0.15) is 11.8 Å². The zero-order chi connectivity index (χ0) is 13.9. The van der Waals surface area contributed by atoms with Crippen LogP contribution in [0.1, 0.15) is 18.5 Å². The summed E-state index contributed by atoms with van der Waals surface area (Å²) in [5, 5.41) is 3.61. The second-order valence-corrected chi connectivity index (χ2v) is 6.37. The Balaban J connectivity index is 1.88. The summed E-state index contributed by atoms with van der Waals surface area (Å²) in [6.07, 6.45) is 6.88. The minimum absolute atomic E-state index is 0.716. The van der Waals surface area contributed by atoms with Crippen LogP contribution in [-0.4, -0.2) is 41.0 Å². The smallest absolute Gasteiger partial charge is 0.152 e. The number of nitrogens with one attached hydrogen (secondary N) is 1. The van der Waals surface area contributed by atoms with Gasteiger partial charge in [-0.15, -0.1) is 0 Å². The molecule has 0 aromatic carbocycles. The lowest BCUT2D eigenvalue weighted by Gasteiger charge is -2.18. The zero-order valence-corrected chi connectivity index (χ0v) is 13.0. The number of nitrogens with zero attached hydrogens (tertiary/aromatic N) is 3. The molecule has 2 heterocycles. The lowest BCUT2D eigenvalue weighted by molar-refractivity contribution is 0.668. The molecule has 0 atom stereocenters. The van der Waals surface area contributed by atoms with Gasteiger partial charge in [-0.05, 0) is 31.2 Å². The molecule has 1 N–H and O–H groups in total. The molecule has 1 aliphatic carbocycles. The summed E-state index contributed by atoms with van der Waals surface area (Å²) in [6.45, 7) is 1.93. The third-order valence-corrected chi connectivity index (χ3v) is 4.33. The molecule has 0 unspecified atom stereocenters. The minimum Gasteiger partial charge on any atom is -0.357 e. The summed E-state index contributed by atoms with van der Waals surface area (Å²) in [7, 11) is 2.14. The van der Waals surface area contributed by atoms with E-state index in [0.29, 0.717) is 6.04 Å². The third-order valence-electron chi connectivity index (χ3n) is 3.74. The van der Waals surface area contributed by atoms with E-state index in [1.807, 2.05) is 17.8 Å². The van der Waals surface area contributed by atoms with Gasteiger partial charge in [0.05, 0.1) is 5.69 Å². The van der Waals surface area contributed by atoms with E-state index >= 15 is 0 Å². The third kappa shape index (κ3) is 2.94. The molecular weight excluding hydrogens is 268 g/mol. The fraction of sp³-hybridized carbons (Fsp3) is 0.533. The van der Waals surface area contributed by atoms with Crippen molar-refractivity contribution < 1.29 is 0 Å². The molecule has 2 aromatic heterocycles. The van der Waals surface area contributed by atoms with Gasteiger partial charge in [0.1, 0.15) is 5.65 Å². The Kier molecular flexibility index (Phi) is 4.17. The number of fused-ring (bicyclic) bond motifs is 1. The average molecular weight is 290 g/mol. The van der Waals surface area contributed by atoms with Gasteiger partial charge in [-0.1, -0.05) is 6.07 Å². The van der Waals surface area contributed by atoms with Crippen molar-refractivity contribution in [2.75, 3.05) is 30.5 Å². The van der Waals surface area contributed by atoms with Gasteiger partial charge in [0, 0.05) is 38.1 Å². The number of imidazole rings is 1. The molecule has 0 aliphatic heterocycles. The van der Waals surface area contributed by atoms with Crippen molar-refractivity contribution in [3.63, 3.8) is 0 Å². The van der Waals surface area contributed by atoms with Crippen LogP contribution >= 0.6 is 11.8 Å². The summed E-state index contributed by atoms with van der Waals surface area (Å²) < 4.78 is 2.21. The molecule has 0 spiro atoms.